The Hall–Kier alpha value is -1.59. The van der Waals surface area contributed by atoms with E-state index in [9.17, 15) is 9.59 Å². The number of halogens is 1. The fraction of sp³-hybridized carbons (Fsp3) is 0.667. The Labute approximate surface area is 186 Å². The zero-order chi connectivity index (χ0) is 20.2. The van der Waals surface area contributed by atoms with Crippen LogP contribution in [0.5, 0.6) is 0 Å². The van der Waals surface area contributed by atoms with Gasteiger partial charge in [-0.2, -0.15) is 0 Å². The van der Waals surface area contributed by atoms with Gasteiger partial charge in [0.15, 0.2) is 0 Å². The van der Waals surface area contributed by atoms with Crippen LogP contribution < -0.4 is 5.32 Å². The molecule has 1 aromatic rings. The van der Waals surface area contributed by atoms with E-state index in [-0.39, 0.29) is 24.3 Å². The van der Waals surface area contributed by atoms with E-state index in [4.69, 9.17) is 4.74 Å². The minimum atomic E-state index is -0.0534. The standard InChI is InChI=1S/C24H34N2O3.ClH/c1-26-19-13-14-22(26)21-16-29-24(28)8-6-4-2-3-5-7-23(27)25-18-11-9-17(10-12-18)20(21)15-19;/h9-12,19-22H,2-8,13-16H2,1H3,(H,25,27);1H/t19-,20+,21-,22+;/m0./s1. The first-order valence-electron chi connectivity index (χ1n) is 11.4. The summed E-state index contributed by atoms with van der Waals surface area (Å²) < 4.78 is 5.79. The third-order valence-electron chi connectivity index (χ3n) is 7.28. The maximum Gasteiger partial charge on any atom is 0.305 e. The Balaban J connectivity index is 0.00000256. The molecular weight excluding hydrogens is 400 g/mol. The summed E-state index contributed by atoms with van der Waals surface area (Å²) in [5, 5.41) is 3.04. The van der Waals surface area contributed by atoms with Crippen molar-refractivity contribution in [2.45, 2.75) is 82.2 Å². The molecule has 4 bridgehead atoms. The largest absolute Gasteiger partial charge is 0.465 e. The molecule has 4 aliphatic heterocycles. The predicted molar refractivity (Wildman–Crippen MR) is 121 cm³/mol. The number of esters is 1. The molecular formula is C24H35ClN2O3. The molecule has 2 saturated heterocycles. The van der Waals surface area contributed by atoms with Crippen LogP contribution in [0.4, 0.5) is 5.69 Å². The Kier molecular flexibility index (Phi) is 8.18. The molecule has 1 aromatic carbocycles. The second-order valence-electron chi connectivity index (χ2n) is 9.09. The Morgan fingerprint density at radius 3 is 2.43 bits per heavy atom. The van der Waals surface area contributed by atoms with Crippen LogP contribution in [0.1, 0.15) is 75.7 Å². The number of nitrogens with zero attached hydrogens (tertiary/aromatic N) is 1. The Bertz CT molecular complexity index is 724. The van der Waals surface area contributed by atoms with E-state index in [2.05, 4.69) is 29.4 Å². The highest BCUT2D eigenvalue weighted by molar-refractivity contribution is 5.90. The molecule has 4 aliphatic rings. The normalized spacial score (nSPS) is 31.0. The van der Waals surface area contributed by atoms with Crippen molar-refractivity contribution in [3.8, 4) is 0 Å². The average molecular weight is 435 g/mol. The van der Waals surface area contributed by atoms with E-state index in [1.54, 1.807) is 0 Å². The van der Waals surface area contributed by atoms with Crippen LogP contribution in [-0.2, 0) is 14.3 Å². The highest BCUT2D eigenvalue weighted by Crippen LogP contribution is 2.46. The van der Waals surface area contributed by atoms with Crippen LogP contribution >= 0.6 is 12.4 Å². The molecule has 0 radical (unpaired) electrons. The van der Waals surface area contributed by atoms with Gasteiger partial charge in [-0.25, -0.2) is 0 Å². The molecule has 1 amide bonds. The SMILES string of the molecule is CN1[C@H]2CC[C@@H]1[C@H]1COC(=O)CCCCCCCC(=O)Nc3ccc(cc3)[C@H]1C2.Cl. The average Bonchev–Trinajstić information content (AvgIpc) is 2.95. The zero-order valence-electron chi connectivity index (χ0n) is 18.0. The fourth-order valence-corrected chi connectivity index (χ4v) is 5.57. The molecule has 5 rings (SSSR count). The van der Waals surface area contributed by atoms with E-state index in [0.717, 1.165) is 44.2 Å². The molecule has 0 aromatic heterocycles. The van der Waals surface area contributed by atoms with Crippen molar-refractivity contribution < 1.29 is 14.3 Å². The first-order valence-corrected chi connectivity index (χ1v) is 11.4. The van der Waals surface area contributed by atoms with Gasteiger partial charge in [0.25, 0.3) is 0 Å². The van der Waals surface area contributed by atoms with Gasteiger partial charge in [-0.3, -0.25) is 9.59 Å². The molecule has 0 spiro atoms. The lowest BCUT2D eigenvalue weighted by molar-refractivity contribution is -0.146. The zero-order valence-corrected chi connectivity index (χ0v) is 18.8. The number of rotatable bonds is 0. The number of piperidine rings is 1. The molecule has 2 fully saturated rings. The van der Waals surface area contributed by atoms with Crippen LogP contribution in [0.15, 0.2) is 24.3 Å². The maximum atomic E-state index is 12.3. The van der Waals surface area contributed by atoms with Crippen molar-refractivity contribution in [1.29, 1.82) is 0 Å². The number of nitrogens with one attached hydrogen (secondary N) is 1. The number of hydrogen-bond acceptors (Lipinski definition) is 4. The Morgan fingerprint density at radius 1 is 0.967 bits per heavy atom. The molecule has 4 heterocycles. The summed E-state index contributed by atoms with van der Waals surface area (Å²) in [5.41, 5.74) is 2.17. The van der Waals surface area contributed by atoms with E-state index >= 15 is 0 Å². The lowest BCUT2D eigenvalue weighted by Crippen LogP contribution is -2.47. The molecule has 30 heavy (non-hydrogen) atoms. The summed E-state index contributed by atoms with van der Waals surface area (Å²) in [7, 11) is 2.23. The summed E-state index contributed by atoms with van der Waals surface area (Å²) in [5.74, 6) is 0.780. The fourth-order valence-electron chi connectivity index (χ4n) is 5.57. The van der Waals surface area contributed by atoms with Crippen LogP contribution in [-0.4, -0.2) is 42.5 Å². The van der Waals surface area contributed by atoms with Gasteiger partial charge in [-0.1, -0.05) is 31.4 Å². The predicted octanol–water partition coefficient (Wildman–Crippen LogP) is 4.90. The van der Waals surface area contributed by atoms with Gasteiger partial charge >= 0.3 is 5.97 Å². The molecule has 5 nitrogen and oxygen atoms in total. The van der Waals surface area contributed by atoms with Gasteiger partial charge in [-0.15, -0.1) is 12.4 Å². The van der Waals surface area contributed by atoms with E-state index < -0.39 is 0 Å². The lowest BCUT2D eigenvalue weighted by atomic mass is 9.76. The number of amides is 1. The molecule has 166 valence electrons. The van der Waals surface area contributed by atoms with Gasteiger partial charge in [-0.05, 0) is 62.8 Å². The van der Waals surface area contributed by atoms with Crippen molar-refractivity contribution in [1.82, 2.24) is 4.90 Å². The lowest BCUT2D eigenvalue weighted by Gasteiger charge is -2.43. The highest BCUT2D eigenvalue weighted by atomic mass is 35.5. The van der Waals surface area contributed by atoms with E-state index in [0.29, 0.717) is 43.4 Å². The number of carbonyl (C=O) groups excluding carboxylic acids is 2. The minimum absolute atomic E-state index is 0. The van der Waals surface area contributed by atoms with Crippen LogP contribution in [0.3, 0.4) is 0 Å². The molecule has 0 saturated carbocycles. The molecule has 0 aliphatic carbocycles. The first-order chi connectivity index (χ1) is 14.1. The van der Waals surface area contributed by atoms with E-state index in [1.807, 2.05) is 12.1 Å². The summed E-state index contributed by atoms with van der Waals surface area (Å²) in [6, 6.07) is 9.47. The number of anilines is 1. The van der Waals surface area contributed by atoms with Crippen LogP contribution in [0.25, 0.3) is 0 Å². The van der Waals surface area contributed by atoms with Crippen LogP contribution in [0, 0.1) is 5.92 Å². The maximum absolute atomic E-state index is 12.3. The minimum Gasteiger partial charge on any atom is -0.465 e. The number of carbonyl (C=O) groups is 2. The number of fused-ring (bicyclic) bond motifs is 15. The quantitative estimate of drug-likeness (QED) is 0.590. The number of hydrogen-bond donors (Lipinski definition) is 1. The summed E-state index contributed by atoms with van der Waals surface area (Å²) >= 11 is 0. The molecule has 4 atom stereocenters. The molecule has 6 heteroatoms. The highest BCUT2D eigenvalue weighted by Gasteiger charge is 2.46. The topological polar surface area (TPSA) is 58.6 Å². The summed E-state index contributed by atoms with van der Waals surface area (Å²) in [4.78, 5) is 27.0. The van der Waals surface area contributed by atoms with Crippen molar-refractivity contribution in [3.05, 3.63) is 29.8 Å². The first kappa shape index (κ1) is 23.1. The second-order valence-corrected chi connectivity index (χ2v) is 9.09. The summed E-state index contributed by atoms with van der Waals surface area (Å²) in [6.07, 6.45) is 9.50. The van der Waals surface area contributed by atoms with E-state index in [1.165, 1.54) is 18.4 Å². The molecule has 0 unspecified atom stereocenters. The van der Waals surface area contributed by atoms with Crippen molar-refractivity contribution >= 4 is 30.0 Å². The third kappa shape index (κ3) is 5.36. The summed E-state index contributed by atoms with van der Waals surface area (Å²) in [6.45, 7) is 0.518. The van der Waals surface area contributed by atoms with Gasteiger partial charge in [0.05, 0.1) is 6.61 Å². The monoisotopic (exact) mass is 434 g/mol. The van der Waals surface area contributed by atoms with Gasteiger partial charge in [0, 0.05) is 36.5 Å². The van der Waals surface area contributed by atoms with Crippen molar-refractivity contribution in [2.75, 3.05) is 19.0 Å². The van der Waals surface area contributed by atoms with Gasteiger partial charge < -0.3 is 15.0 Å². The third-order valence-corrected chi connectivity index (χ3v) is 7.28. The molecule has 1 N–H and O–H groups in total. The second kappa shape index (κ2) is 10.6. The van der Waals surface area contributed by atoms with Crippen molar-refractivity contribution in [2.24, 2.45) is 5.92 Å². The smallest absolute Gasteiger partial charge is 0.305 e. The number of ether oxygens (including phenoxy) is 1. The van der Waals surface area contributed by atoms with Gasteiger partial charge in [0.2, 0.25) is 5.91 Å². The van der Waals surface area contributed by atoms with Gasteiger partial charge in [0.1, 0.15) is 0 Å². The van der Waals surface area contributed by atoms with Crippen molar-refractivity contribution in [3.63, 3.8) is 0 Å². The number of benzene rings is 1. The Morgan fingerprint density at radius 2 is 1.67 bits per heavy atom. The van der Waals surface area contributed by atoms with Crippen LogP contribution in [0.2, 0.25) is 0 Å².